The lowest BCUT2D eigenvalue weighted by molar-refractivity contribution is -0.120. The fourth-order valence-electron chi connectivity index (χ4n) is 5.21. The number of carbonyl (C=O) groups excluding carboxylic acids is 2. The second-order valence-electron chi connectivity index (χ2n) is 11.9. The first-order chi connectivity index (χ1) is 17.4. The minimum Gasteiger partial charge on any atom is -0.444 e. The molecule has 0 aliphatic carbocycles. The number of hydrogen-bond donors (Lipinski definition) is 2. The molecule has 1 aromatic heterocycles. The summed E-state index contributed by atoms with van der Waals surface area (Å²) in [5, 5.41) is 7.23. The SMILES string of the molecule is CNC(=O)C[C@H](CC(C)C)Nc1nc(N2CCC3(CN(C(=O)OC(C)(C)C)C3)C2)nc2cc(Br)ccc12. The molecule has 2 fully saturated rings. The highest BCUT2D eigenvalue weighted by Gasteiger charge is 2.50. The molecule has 202 valence electrons. The summed E-state index contributed by atoms with van der Waals surface area (Å²) in [5.74, 6) is 1.84. The van der Waals surface area contributed by atoms with Crippen LogP contribution in [0.1, 0.15) is 53.9 Å². The molecule has 10 heteroatoms. The number of benzene rings is 1. The van der Waals surface area contributed by atoms with Gasteiger partial charge in [0.1, 0.15) is 11.4 Å². The van der Waals surface area contributed by atoms with Crippen LogP contribution in [0.5, 0.6) is 0 Å². The highest BCUT2D eigenvalue weighted by Crippen LogP contribution is 2.41. The van der Waals surface area contributed by atoms with Crippen LogP contribution < -0.4 is 15.5 Å². The Balaban J connectivity index is 1.55. The number of nitrogens with zero attached hydrogens (tertiary/aromatic N) is 4. The summed E-state index contributed by atoms with van der Waals surface area (Å²) < 4.78 is 6.49. The van der Waals surface area contributed by atoms with Crippen molar-refractivity contribution in [2.24, 2.45) is 11.3 Å². The number of carbonyl (C=O) groups is 2. The van der Waals surface area contributed by atoms with E-state index in [2.05, 4.69) is 45.3 Å². The van der Waals surface area contributed by atoms with Crippen LogP contribution in [0.4, 0.5) is 16.6 Å². The van der Waals surface area contributed by atoms with Crippen molar-refractivity contribution in [3.63, 3.8) is 0 Å². The summed E-state index contributed by atoms with van der Waals surface area (Å²) in [7, 11) is 1.66. The molecule has 2 aliphatic heterocycles. The number of aromatic nitrogens is 2. The lowest BCUT2D eigenvalue weighted by Gasteiger charge is -2.47. The van der Waals surface area contributed by atoms with E-state index in [0.717, 1.165) is 47.1 Å². The van der Waals surface area contributed by atoms with Crippen LogP contribution in [-0.4, -0.2) is 71.7 Å². The number of fused-ring (bicyclic) bond motifs is 1. The normalized spacial score (nSPS) is 17.7. The first-order valence-electron chi connectivity index (χ1n) is 13.0. The lowest BCUT2D eigenvalue weighted by atomic mass is 9.79. The summed E-state index contributed by atoms with van der Waals surface area (Å²) in [6.07, 6.45) is 1.95. The molecule has 37 heavy (non-hydrogen) atoms. The number of rotatable bonds is 7. The van der Waals surface area contributed by atoms with Crippen molar-refractivity contribution in [1.29, 1.82) is 0 Å². The molecule has 3 heterocycles. The molecule has 1 atom stereocenters. The Bertz CT molecular complexity index is 1160. The number of halogens is 1. The molecule has 9 nitrogen and oxygen atoms in total. The van der Waals surface area contributed by atoms with Crippen LogP contribution in [0.3, 0.4) is 0 Å². The van der Waals surface area contributed by atoms with Gasteiger partial charge in [-0.3, -0.25) is 4.79 Å². The Morgan fingerprint density at radius 1 is 1.19 bits per heavy atom. The van der Waals surface area contributed by atoms with Gasteiger partial charge >= 0.3 is 6.09 Å². The van der Waals surface area contributed by atoms with E-state index < -0.39 is 5.60 Å². The van der Waals surface area contributed by atoms with E-state index in [-0.39, 0.29) is 23.5 Å². The van der Waals surface area contributed by atoms with Crippen LogP contribution in [0.15, 0.2) is 22.7 Å². The molecule has 2 amide bonds. The fraction of sp³-hybridized carbons (Fsp3) is 0.630. The van der Waals surface area contributed by atoms with E-state index in [1.807, 2.05) is 39.0 Å². The number of anilines is 2. The van der Waals surface area contributed by atoms with E-state index in [9.17, 15) is 9.59 Å². The first kappa shape index (κ1) is 27.4. The third-order valence-electron chi connectivity index (χ3n) is 6.88. The largest absolute Gasteiger partial charge is 0.444 e. The molecule has 4 rings (SSSR count). The summed E-state index contributed by atoms with van der Waals surface area (Å²) in [5.41, 5.74) is 0.387. The van der Waals surface area contributed by atoms with Gasteiger partial charge in [0.05, 0.1) is 5.52 Å². The minimum atomic E-state index is -0.497. The zero-order chi connectivity index (χ0) is 27.0. The number of hydrogen-bond acceptors (Lipinski definition) is 7. The molecular formula is C27H39BrN6O3. The fourth-order valence-corrected chi connectivity index (χ4v) is 5.56. The molecule has 1 aromatic carbocycles. The van der Waals surface area contributed by atoms with Gasteiger partial charge in [0.15, 0.2) is 0 Å². The van der Waals surface area contributed by atoms with Gasteiger partial charge < -0.3 is 25.2 Å². The average molecular weight is 576 g/mol. The van der Waals surface area contributed by atoms with Crippen LogP contribution in [0, 0.1) is 11.3 Å². The van der Waals surface area contributed by atoms with Crippen molar-refractivity contribution < 1.29 is 14.3 Å². The topological polar surface area (TPSA) is 99.7 Å². The Morgan fingerprint density at radius 2 is 1.92 bits per heavy atom. The van der Waals surface area contributed by atoms with Gasteiger partial charge in [-0.05, 0) is 57.7 Å². The van der Waals surface area contributed by atoms with Crippen molar-refractivity contribution in [2.45, 2.75) is 65.5 Å². The van der Waals surface area contributed by atoms with Crippen molar-refractivity contribution in [2.75, 3.05) is 43.4 Å². The standard InChI is InChI=1S/C27H39BrN6O3/c1-17(2)11-19(13-22(35)29-6)30-23-20-8-7-18(28)12-21(20)31-24(32-23)33-10-9-27(14-33)15-34(16-27)25(36)37-26(3,4)5/h7-8,12,17,19H,9-11,13-16H2,1-6H3,(H,29,35)(H,30,31,32)/t19-/m0/s1. The van der Waals surface area contributed by atoms with Crippen LogP contribution in [0.2, 0.25) is 0 Å². The van der Waals surface area contributed by atoms with Gasteiger partial charge in [-0.15, -0.1) is 0 Å². The summed E-state index contributed by atoms with van der Waals surface area (Å²) in [6.45, 7) is 13.0. The molecule has 1 spiro atoms. The Hall–Kier alpha value is -2.62. The van der Waals surface area contributed by atoms with Gasteiger partial charge in [0, 0.05) is 61.0 Å². The maximum absolute atomic E-state index is 12.5. The van der Waals surface area contributed by atoms with Gasteiger partial charge in [-0.25, -0.2) is 9.78 Å². The van der Waals surface area contributed by atoms with Gasteiger partial charge in [-0.1, -0.05) is 29.8 Å². The number of likely N-dealkylation sites (tertiary alicyclic amines) is 1. The van der Waals surface area contributed by atoms with E-state index in [4.69, 9.17) is 14.7 Å². The molecule has 2 saturated heterocycles. The molecule has 0 bridgehead atoms. The van der Waals surface area contributed by atoms with Gasteiger partial charge in [-0.2, -0.15) is 4.98 Å². The molecule has 2 N–H and O–H groups in total. The average Bonchev–Trinajstić information content (AvgIpc) is 3.22. The molecule has 0 saturated carbocycles. The van der Waals surface area contributed by atoms with Crippen LogP contribution >= 0.6 is 15.9 Å². The van der Waals surface area contributed by atoms with E-state index >= 15 is 0 Å². The van der Waals surface area contributed by atoms with Gasteiger partial charge in [0.25, 0.3) is 0 Å². The highest BCUT2D eigenvalue weighted by molar-refractivity contribution is 9.10. The van der Waals surface area contributed by atoms with Crippen molar-refractivity contribution in [1.82, 2.24) is 20.2 Å². The monoisotopic (exact) mass is 574 g/mol. The summed E-state index contributed by atoms with van der Waals surface area (Å²) in [4.78, 5) is 38.5. The molecule has 0 radical (unpaired) electrons. The third-order valence-corrected chi connectivity index (χ3v) is 7.37. The molecular weight excluding hydrogens is 536 g/mol. The van der Waals surface area contributed by atoms with E-state index in [1.165, 1.54) is 0 Å². The number of nitrogens with one attached hydrogen (secondary N) is 2. The van der Waals surface area contributed by atoms with Crippen LogP contribution in [-0.2, 0) is 9.53 Å². The first-order valence-corrected chi connectivity index (χ1v) is 13.8. The predicted molar refractivity (Wildman–Crippen MR) is 150 cm³/mol. The van der Waals surface area contributed by atoms with Crippen molar-refractivity contribution in [3.8, 4) is 0 Å². The smallest absolute Gasteiger partial charge is 0.410 e. The van der Waals surface area contributed by atoms with Gasteiger partial charge in [0.2, 0.25) is 11.9 Å². The van der Waals surface area contributed by atoms with Crippen molar-refractivity contribution >= 4 is 50.6 Å². The lowest BCUT2D eigenvalue weighted by Crippen LogP contribution is -2.60. The Labute approximate surface area is 227 Å². The highest BCUT2D eigenvalue weighted by atomic mass is 79.9. The third kappa shape index (κ3) is 6.64. The Morgan fingerprint density at radius 3 is 2.57 bits per heavy atom. The van der Waals surface area contributed by atoms with E-state index in [1.54, 1.807) is 11.9 Å². The van der Waals surface area contributed by atoms with E-state index in [0.29, 0.717) is 31.4 Å². The predicted octanol–water partition coefficient (Wildman–Crippen LogP) is 4.80. The van der Waals surface area contributed by atoms with Crippen molar-refractivity contribution in [3.05, 3.63) is 22.7 Å². The number of ether oxygens (including phenoxy) is 1. The maximum atomic E-state index is 12.5. The zero-order valence-corrected chi connectivity index (χ0v) is 24.3. The van der Waals surface area contributed by atoms with Crippen LogP contribution in [0.25, 0.3) is 10.9 Å². The maximum Gasteiger partial charge on any atom is 0.410 e. The number of amides is 2. The Kier molecular flexibility index (Phi) is 7.88. The molecule has 2 aromatic rings. The quantitative estimate of drug-likeness (QED) is 0.489. The summed E-state index contributed by atoms with van der Waals surface area (Å²) >= 11 is 3.57. The second kappa shape index (κ2) is 10.6. The molecule has 0 unspecified atom stereocenters. The minimum absolute atomic E-state index is 0.000453. The molecule has 2 aliphatic rings. The zero-order valence-electron chi connectivity index (χ0n) is 22.7. The summed E-state index contributed by atoms with van der Waals surface area (Å²) in [6, 6.07) is 5.94. The second-order valence-corrected chi connectivity index (χ2v) is 12.8.